The highest BCUT2D eigenvalue weighted by atomic mass is 16.5. The van der Waals surface area contributed by atoms with Crippen LogP contribution in [0.25, 0.3) is 17.2 Å². The molecule has 0 radical (unpaired) electrons. The zero-order valence-electron chi connectivity index (χ0n) is 11.1. The first-order valence-electron chi connectivity index (χ1n) is 6.39. The van der Waals surface area contributed by atoms with Crippen molar-refractivity contribution in [1.29, 1.82) is 0 Å². The summed E-state index contributed by atoms with van der Waals surface area (Å²) in [5.74, 6) is 0.339. The predicted molar refractivity (Wildman–Crippen MR) is 74.3 cm³/mol. The van der Waals surface area contributed by atoms with Crippen molar-refractivity contribution < 1.29 is 14.9 Å². The largest absolute Gasteiger partial charge is 0.394 e. The van der Waals surface area contributed by atoms with Gasteiger partial charge in [-0.05, 0) is 6.08 Å². The zero-order valence-corrected chi connectivity index (χ0v) is 11.1. The number of aromatic amines is 1. The molecule has 9 nitrogen and oxygen atoms in total. The predicted octanol–water partition coefficient (Wildman–Crippen LogP) is -1.01. The third-order valence-corrected chi connectivity index (χ3v) is 3.45. The van der Waals surface area contributed by atoms with Gasteiger partial charge in [-0.3, -0.25) is 14.3 Å². The van der Waals surface area contributed by atoms with Crippen molar-refractivity contribution in [2.75, 3.05) is 12.3 Å². The third kappa shape index (κ3) is 2.11. The van der Waals surface area contributed by atoms with Gasteiger partial charge < -0.3 is 20.7 Å². The van der Waals surface area contributed by atoms with Crippen molar-refractivity contribution in [3.05, 3.63) is 22.8 Å². The lowest BCUT2D eigenvalue weighted by Gasteiger charge is -2.15. The summed E-state index contributed by atoms with van der Waals surface area (Å²) < 4.78 is 7.13. The van der Waals surface area contributed by atoms with Gasteiger partial charge in [-0.2, -0.15) is 4.98 Å². The lowest BCUT2D eigenvalue weighted by atomic mass is 10.2. The smallest absolute Gasteiger partial charge is 0.280 e. The fourth-order valence-corrected chi connectivity index (χ4v) is 2.48. The molecule has 21 heavy (non-hydrogen) atoms. The first kappa shape index (κ1) is 13.7. The second-order valence-corrected chi connectivity index (χ2v) is 4.78. The standard InChI is InChI=1S/C12H15N5O4/c1-2-7-14-9-10(15-12(13)16-11(9)20)17(7)8-3-5(19)6(4-18)21-8/h2,5-6,8,18-19H,1,3-4H2,(H3,13,15,16,20)/t5?,6-,8-/m1/s1. The molecule has 9 heteroatoms. The first-order chi connectivity index (χ1) is 10.0. The van der Waals surface area contributed by atoms with Crippen molar-refractivity contribution in [2.24, 2.45) is 0 Å². The number of rotatable bonds is 3. The second-order valence-electron chi connectivity index (χ2n) is 4.78. The number of anilines is 1. The molecule has 1 saturated heterocycles. The van der Waals surface area contributed by atoms with Gasteiger partial charge in [-0.1, -0.05) is 6.58 Å². The van der Waals surface area contributed by atoms with Crippen molar-refractivity contribution >= 4 is 23.2 Å². The summed E-state index contributed by atoms with van der Waals surface area (Å²) in [7, 11) is 0. The van der Waals surface area contributed by atoms with Crippen LogP contribution in [-0.4, -0.2) is 48.5 Å². The van der Waals surface area contributed by atoms with Crippen LogP contribution in [0.3, 0.4) is 0 Å². The number of hydrogen-bond acceptors (Lipinski definition) is 7. The van der Waals surface area contributed by atoms with Crippen molar-refractivity contribution in [1.82, 2.24) is 19.5 Å². The molecule has 112 valence electrons. The molecule has 2 aromatic heterocycles. The number of hydrogen-bond donors (Lipinski definition) is 4. The minimum atomic E-state index is -0.811. The van der Waals surface area contributed by atoms with Gasteiger partial charge in [0.15, 0.2) is 11.2 Å². The maximum atomic E-state index is 11.9. The molecular formula is C12H15N5O4. The van der Waals surface area contributed by atoms with Gasteiger partial charge in [0.25, 0.3) is 5.56 Å². The van der Waals surface area contributed by atoms with Gasteiger partial charge in [-0.25, -0.2) is 4.98 Å². The van der Waals surface area contributed by atoms with E-state index in [4.69, 9.17) is 15.6 Å². The summed E-state index contributed by atoms with van der Waals surface area (Å²) in [5.41, 5.74) is 5.47. The minimum absolute atomic E-state index is 0.0403. The van der Waals surface area contributed by atoms with E-state index in [-0.39, 0.29) is 30.1 Å². The maximum absolute atomic E-state index is 11.9. The van der Waals surface area contributed by atoms with Crippen LogP contribution in [0.15, 0.2) is 11.4 Å². The lowest BCUT2D eigenvalue weighted by molar-refractivity contribution is -0.0433. The van der Waals surface area contributed by atoms with Gasteiger partial charge in [0.1, 0.15) is 18.2 Å². The van der Waals surface area contributed by atoms with Gasteiger partial charge in [0.2, 0.25) is 5.95 Å². The van der Waals surface area contributed by atoms with E-state index in [0.717, 1.165) is 0 Å². The maximum Gasteiger partial charge on any atom is 0.280 e. The summed E-state index contributed by atoms with van der Waals surface area (Å²) in [4.78, 5) is 22.5. The van der Waals surface area contributed by atoms with Gasteiger partial charge in [-0.15, -0.1) is 0 Å². The number of nitrogens with zero attached hydrogens (tertiary/aromatic N) is 3. The SMILES string of the molecule is C=Cc1nc2c(=O)[nH]c(N)nc2n1[C@H]1CC(O)[C@@H](CO)O1. The number of nitrogen functional groups attached to an aromatic ring is 1. The fourth-order valence-electron chi connectivity index (χ4n) is 2.48. The summed E-state index contributed by atoms with van der Waals surface area (Å²) >= 11 is 0. The van der Waals surface area contributed by atoms with E-state index >= 15 is 0 Å². The Hall–Kier alpha value is -2.23. The Morgan fingerprint density at radius 2 is 2.33 bits per heavy atom. The molecule has 1 unspecified atom stereocenters. The zero-order chi connectivity index (χ0) is 15.1. The second kappa shape index (κ2) is 4.95. The van der Waals surface area contributed by atoms with Crippen LogP contribution >= 0.6 is 0 Å². The van der Waals surface area contributed by atoms with Crippen LogP contribution < -0.4 is 11.3 Å². The van der Waals surface area contributed by atoms with Gasteiger partial charge in [0.05, 0.1) is 12.7 Å². The van der Waals surface area contributed by atoms with Crippen LogP contribution in [0.5, 0.6) is 0 Å². The Labute approximate surface area is 118 Å². The highest BCUT2D eigenvalue weighted by molar-refractivity contribution is 5.73. The molecule has 0 aromatic carbocycles. The summed E-state index contributed by atoms with van der Waals surface area (Å²) in [6.45, 7) is 3.34. The van der Waals surface area contributed by atoms with Crippen molar-refractivity contribution in [3.8, 4) is 0 Å². The average molecular weight is 293 g/mol. The van der Waals surface area contributed by atoms with E-state index in [9.17, 15) is 9.90 Å². The fraction of sp³-hybridized carbons (Fsp3) is 0.417. The quantitative estimate of drug-likeness (QED) is 0.568. The molecule has 0 spiro atoms. The minimum Gasteiger partial charge on any atom is -0.394 e. The number of imidazole rings is 1. The Kier molecular flexibility index (Phi) is 3.24. The number of nitrogens with two attached hydrogens (primary N) is 1. The molecule has 0 aliphatic carbocycles. The molecule has 0 saturated carbocycles. The van der Waals surface area contributed by atoms with Crippen LogP contribution in [0.1, 0.15) is 18.5 Å². The normalized spacial score (nSPS) is 25.5. The monoisotopic (exact) mass is 293 g/mol. The number of fused-ring (bicyclic) bond motifs is 1. The Bertz CT molecular complexity index is 752. The van der Waals surface area contributed by atoms with E-state index in [2.05, 4.69) is 21.5 Å². The molecule has 1 fully saturated rings. The highest BCUT2D eigenvalue weighted by Crippen LogP contribution is 2.32. The van der Waals surface area contributed by atoms with Gasteiger partial charge >= 0.3 is 0 Å². The Balaban J connectivity index is 2.17. The van der Waals surface area contributed by atoms with Crippen LogP contribution in [0, 0.1) is 0 Å². The van der Waals surface area contributed by atoms with Crippen molar-refractivity contribution in [3.63, 3.8) is 0 Å². The van der Waals surface area contributed by atoms with E-state index in [1.165, 1.54) is 6.08 Å². The number of H-pyrrole nitrogens is 1. The van der Waals surface area contributed by atoms with Crippen molar-refractivity contribution in [2.45, 2.75) is 24.9 Å². The number of nitrogens with one attached hydrogen (secondary N) is 1. The molecule has 3 rings (SSSR count). The Morgan fingerprint density at radius 3 is 2.95 bits per heavy atom. The summed E-state index contributed by atoms with van der Waals surface area (Å²) in [5, 5.41) is 19.0. The van der Waals surface area contributed by atoms with Crippen LogP contribution in [0.4, 0.5) is 5.95 Å². The molecular weight excluding hydrogens is 278 g/mol. The first-order valence-corrected chi connectivity index (χ1v) is 6.39. The van der Waals surface area contributed by atoms with Crippen LogP contribution in [-0.2, 0) is 4.74 Å². The molecule has 1 aliphatic heterocycles. The summed E-state index contributed by atoms with van der Waals surface area (Å²) in [6.07, 6.45) is -0.409. The van der Waals surface area contributed by atoms with Crippen LogP contribution in [0.2, 0.25) is 0 Å². The molecule has 1 aliphatic rings. The average Bonchev–Trinajstić information content (AvgIpc) is 2.98. The molecule has 5 N–H and O–H groups in total. The van der Waals surface area contributed by atoms with E-state index in [1.54, 1.807) is 4.57 Å². The molecule has 0 amide bonds. The molecule has 3 heterocycles. The Morgan fingerprint density at radius 1 is 1.57 bits per heavy atom. The lowest BCUT2D eigenvalue weighted by Crippen LogP contribution is -2.24. The molecule has 0 bridgehead atoms. The molecule has 2 aromatic rings. The third-order valence-electron chi connectivity index (χ3n) is 3.45. The van der Waals surface area contributed by atoms with E-state index < -0.39 is 24.0 Å². The topological polar surface area (TPSA) is 139 Å². The highest BCUT2D eigenvalue weighted by Gasteiger charge is 2.36. The number of aliphatic hydroxyl groups excluding tert-OH is 2. The number of aromatic nitrogens is 4. The van der Waals surface area contributed by atoms with E-state index in [1.807, 2.05) is 0 Å². The van der Waals surface area contributed by atoms with Gasteiger partial charge in [0, 0.05) is 6.42 Å². The molecule has 3 atom stereocenters. The number of ether oxygens (including phenoxy) is 1. The van der Waals surface area contributed by atoms with E-state index in [0.29, 0.717) is 5.82 Å². The summed E-state index contributed by atoms with van der Waals surface area (Å²) in [6, 6.07) is 0. The number of aliphatic hydroxyl groups is 2.